The van der Waals surface area contributed by atoms with Crippen molar-refractivity contribution >= 4 is 11.6 Å². The van der Waals surface area contributed by atoms with Crippen LogP contribution in [0.15, 0.2) is 24.3 Å². The molecule has 0 radical (unpaired) electrons. The largest absolute Gasteiger partial charge is 0.392 e. The third kappa shape index (κ3) is 6.57. The molecule has 0 saturated heterocycles. The van der Waals surface area contributed by atoms with Crippen molar-refractivity contribution in [3.8, 4) is 0 Å². The molecule has 0 aliphatic rings. The number of amides is 1. The molecule has 1 amide bonds. The number of rotatable bonds is 9. The van der Waals surface area contributed by atoms with Crippen molar-refractivity contribution in [2.45, 2.75) is 52.2 Å². The average molecular weight is 278 g/mol. The SMILES string of the molecule is CCCCCC(C)NC(=O)CNc1cccc(CO)c1. The van der Waals surface area contributed by atoms with E-state index in [0.717, 1.165) is 24.1 Å². The van der Waals surface area contributed by atoms with E-state index in [1.54, 1.807) is 0 Å². The lowest BCUT2D eigenvalue weighted by atomic mass is 10.1. The first-order valence-electron chi connectivity index (χ1n) is 7.38. The summed E-state index contributed by atoms with van der Waals surface area (Å²) in [5.41, 5.74) is 1.69. The van der Waals surface area contributed by atoms with Crippen LogP contribution in [-0.2, 0) is 11.4 Å². The fraction of sp³-hybridized carbons (Fsp3) is 0.562. The predicted octanol–water partition coefficient (Wildman–Crippen LogP) is 2.68. The number of aliphatic hydroxyl groups excluding tert-OH is 1. The second-order valence-electron chi connectivity index (χ2n) is 5.18. The molecular formula is C16H26N2O2. The molecule has 112 valence electrons. The molecule has 0 aliphatic carbocycles. The van der Waals surface area contributed by atoms with Crippen LogP contribution in [0.1, 0.15) is 45.1 Å². The van der Waals surface area contributed by atoms with E-state index in [2.05, 4.69) is 17.6 Å². The number of hydrogen-bond acceptors (Lipinski definition) is 3. The van der Waals surface area contributed by atoms with Gasteiger partial charge < -0.3 is 15.7 Å². The van der Waals surface area contributed by atoms with Gasteiger partial charge in [0.05, 0.1) is 13.2 Å². The Hall–Kier alpha value is -1.55. The normalized spacial score (nSPS) is 11.9. The zero-order valence-electron chi connectivity index (χ0n) is 12.5. The van der Waals surface area contributed by atoms with Crippen LogP contribution in [0.4, 0.5) is 5.69 Å². The second-order valence-corrected chi connectivity index (χ2v) is 5.18. The van der Waals surface area contributed by atoms with E-state index in [9.17, 15) is 4.79 Å². The summed E-state index contributed by atoms with van der Waals surface area (Å²) in [6.07, 6.45) is 4.60. The van der Waals surface area contributed by atoms with Crippen LogP contribution >= 0.6 is 0 Å². The Labute approximate surface area is 121 Å². The van der Waals surface area contributed by atoms with E-state index < -0.39 is 0 Å². The van der Waals surface area contributed by atoms with Crippen LogP contribution in [0, 0.1) is 0 Å². The maximum Gasteiger partial charge on any atom is 0.239 e. The first kappa shape index (κ1) is 16.5. The topological polar surface area (TPSA) is 61.4 Å². The van der Waals surface area contributed by atoms with E-state index in [0.29, 0.717) is 0 Å². The summed E-state index contributed by atoms with van der Waals surface area (Å²) in [5.74, 6) is 0.00315. The summed E-state index contributed by atoms with van der Waals surface area (Å²) >= 11 is 0. The van der Waals surface area contributed by atoms with Crippen LogP contribution in [0.5, 0.6) is 0 Å². The molecule has 0 saturated carbocycles. The predicted molar refractivity (Wildman–Crippen MR) is 82.6 cm³/mol. The zero-order chi connectivity index (χ0) is 14.8. The van der Waals surface area contributed by atoms with Crippen molar-refractivity contribution in [2.24, 2.45) is 0 Å². The van der Waals surface area contributed by atoms with Gasteiger partial charge in [-0.2, -0.15) is 0 Å². The van der Waals surface area contributed by atoms with Crippen molar-refractivity contribution in [2.75, 3.05) is 11.9 Å². The molecule has 4 heteroatoms. The van der Waals surface area contributed by atoms with Gasteiger partial charge in [0.2, 0.25) is 5.91 Å². The number of aliphatic hydroxyl groups is 1. The monoisotopic (exact) mass is 278 g/mol. The summed E-state index contributed by atoms with van der Waals surface area (Å²) in [6.45, 7) is 4.48. The molecule has 1 unspecified atom stereocenters. The molecule has 1 aromatic carbocycles. The maximum absolute atomic E-state index is 11.8. The molecule has 0 aliphatic heterocycles. The number of carbonyl (C=O) groups excluding carboxylic acids is 1. The number of nitrogens with one attached hydrogen (secondary N) is 2. The molecule has 0 fully saturated rings. The first-order valence-corrected chi connectivity index (χ1v) is 7.38. The van der Waals surface area contributed by atoms with Crippen LogP contribution in [0.2, 0.25) is 0 Å². The summed E-state index contributed by atoms with van der Waals surface area (Å²) in [7, 11) is 0. The second kappa shape index (κ2) is 9.37. The first-order chi connectivity index (χ1) is 9.65. The summed E-state index contributed by atoms with van der Waals surface area (Å²) < 4.78 is 0. The van der Waals surface area contributed by atoms with Gasteiger partial charge in [-0.3, -0.25) is 4.79 Å². The standard InChI is InChI=1S/C16H26N2O2/c1-3-4-5-7-13(2)18-16(20)11-17-15-9-6-8-14(10-15)12-19/h6,8-10,13,17,19H,3-5,7,11-12H2,1-2H3,(H,18,20). The number of benzene rings is 1. The Bertz CT molecular complexity index is 407. The average Bonchev–Trinajstić information content (AvgIpc) is 2.45. The summed E-state index contributed by atoms with van der Waals surface area (Å²) in [4.78, 5) is 11.8. The fourth-order valence-electron chi connectivity index (χ4n) is 2.06. The third-order valence-corrected chi connectivity index (χ3v) is 3.21. The van der Waals surface area contributed by atoms with Gasteiger partial charge in [-0.25, -0.2) is 0 Å². The number of unbranched alkanes of at least 4 members (excludes halogenated alkanes) is 2. The van der Waals surface area contributed by atoms with Crippen LogP contribution in [-0.4, -0.2) is 23.6 Å². The van der Waals surface area contributed by atoms with Crippen LogP contribution < -0.4 is 10.6 Å². The van der Waals surface area contributed by atoms with Gasteiger partial charge in [0.1, 0.15) is 0 Å². The van der Waals surface area contributed by atoms with Gasteiger partial charge in [-0.15, -0.1) is 0 Å². The van der Waals surface area contributed by atoms with Crippen molar-refractivity contribution in [1.82, 2.24) is 5.32 Å². The fourth-order valence-corrected chi connectivity index (χ4v) is 2.06. The van der Waals surface area contributed by atoms with Gasteiger partial charge in [0.15, 0.2) is 0 Å². The van der Waals surface area contributed by atoms with E-state index in [1.165, 1.54) is 12.8 Å². The quantitative estimate of drug-likeness (QED) is 0.609. The van der Waals surface area contributed by atoms with Gasteiger partial charge in [0, 0.05) is 11.7 Å². The zero-order valence-corrected chi connectivity index (χ0v) is 12.5. The molecule has 20 heavy (non-hydrogen) atoms. The van der Waals surface area contributed by atoms with Crippen LogP contribution in [0.3, 0.4) is 0 Å². The molecule has 0 bridgehead atoms. The summed E-state index contributed by atoms with van der Waals surface area (Å²) in [5, 5.41) is 15.1. The highest BCUT2D eigenvalue weighted by atomic mass is 16.3. The Morgan fingerprint density at radius 3 is 2.85 bits per heavy atom. The lowest BCUT2D eigenvalue weighted by Crippen LogP contribution is -2.36. The Morgan fingerprint density at radius 1 is 1.35 bits per heavy atom. The van der Waals surface area contributed by atoms with E-state index in [-0.39, 0.29) is 25.1 Å². The molecule has 3 N–H and O–H groups in total. The highest BCUT2D eigenvalue weighted by molar-refractivity contribution is 5.80. The molecular weight excluding hydrogens is 252 g/mol. The smallest absolute Gasteiger partial charge is 0.239 e. The Morgan fingerprint density at radius 2 is 2.15 bits per heavy atom. The third-order valence-electron chi connectivity index (χ3n) is 3.21. The molecule has 0 heterocycles. The highest BCUT2D eigenvalue weighted by Gasteiger charge is 2.06. The molecule has 1 atom stereocenters. The highest BCUT2D eigenvalue weighted by Crippen LogP contribution is 2.10. The lowest BCUT2D eigenvalue weighted by molar-refractivity contribution is -0.120. The van der Waals surface area contributed by atoms with Crippen molar-refractivity contribution < 1.29 is 9.90 Å². The van der Waals surface area contributed by atoms with Gasteiger partial charge >= 0.3 is 0 Å². The molecule has 0 aromatic heterocycles. The number of carbonyl (C=O) groups is 1. The van der Waals surface area contributed by atoms with Crippen molar-refractivity contribution in [3.63, 3.8) is 0 Å². The number of anilines is 1. The molecule has 4 nitrogen and oxygen atoms in total. The van der Waals surface area contributed by atoms with E-state index in [4.69, 9.17) is 5.11 Å². The summed E-state index contributed by atoms with van der Waals surface area (Å²) in [6, 6.07) is 7.66. The molecule has 1 rings (SSSR count). The van der Waals surface area contributed by atoms with Gasteiger partial charge in [-0.05, 0) is 31.0 Å². The van der Waals surface area contributed by atoms with Gasteiger partial charge in [-0.1, -0.05) is 38.3 Å². The van der Waals surface area contributed by atoms with E-state index in [1.807, 2.05) is 31.2 Å². The molecule has 1 aromatic rings. The Balaban J connectivity index is 2.28. The van der Waals surface area contributed by atoms with Gasteiger partial charge in [0.25, 0.3) is 0 Å². The minimum Gasteiger partial charge on any atom is -0.392 e. The van der Waals surface area contributed by atoms with Crippen molar-refractivity contribution in [3.05, 3.63) is 29.8 Å². The molecule has 0 spiro atoms. The minimum absolute atomic E-state index is 0.00315. The lowest BCUT2D eigenvalue weighted by Gasteiger charge is -2.14. The van der Waals surface area contributed by atoms with E-state index >= 15 is 0 Å². The number of hydrogen-bond donors (Lipinski definition) is 3. The van der Waals surface area contributed by atoms with Crippen LogP contribution in [0.25, 0.3) is 0 Å². The van der Waals surface area contributed by atoms with Crippen molar-refractivity contribution in [1.29, 1.82) is 0 Å². The minimum atomic E-state index is 0.00315. The Kier molecular flexibility index (Phi) is 7.73. The maximum atomic E-state index is 11.8.